The van der Waals surface area contributed by atoms with Crippen LogP contribution in [-0.2, 0) is 0 Å². The highest BCUT2D eigenvalue weighted by Gasteiger charge is 2.07. The van der Waals surface area contributed by atoms with Gasteiger partial charge < -0.3 is 10.4 Å². The number of carboxylic acid groups (broad SMARTS) is 1. The third-order valence-corrected chi connectivity index (χ3v) is 3.22. The third kappa shape index (κ3) is 2.62. The van der Waals surface area contributed by atoms with Crippen LogP contribution < -0.4 is 5.32 Å². The van der Waals surface area contributed by atoms with Crippen LogP contribution in [0.15, 0.2) is 23.6 Å². The van der Waals surface area contributed by atoms with E-state index in [1.165, 1.54) is 11.3 Å². The van der Waals surface area contributed by atoms with Crippen LogP contribution >= 0.6 is 11.3 Å². The maximum Gasteiger partial charge on any atom is 0.335 e. The van der Waals surface area contributed by atoms with Gasteiger partial charge in [-0.1, -0.05) is 6.07 Å². The number of rotatable bonds is 3. The molecule has 2 rings (SSSR count). The summed E-state index contributed by atoms with van der Waals surface area (Å²) in [6.45, 7) is 3.84. The van der Waals surface area contributed by atoms with E-state index in [0.717, 1.165) is 22.1 Å². The van der Waals surface area contributed by atoms with Gasteiger partial charge in [-0.05, 0) is 31.5 Å². The second kappa shape index (κ2) is 4.55. The third-order valence-electron chi connectivity index (χ3n) is 2.35. The van der Waals surface area contributed by atoms with Crippen LogP contribution in [0.3, 0.4) is 0 Å². The summed E-state index contributed by atoms with van der Waals surface area (Å²) >= 11 is 1.50. The Bertz CT molecular complexity index is 563. The molecule has 0 aliphatic heterocycles. The lowest BCUT2D eigenvalue weighted by Crippen LogP contribution is -1.99. The zero-order valence-electron chi connectivity index (χ0n) is 9.52. The molecule has 0 radical (unpaired) electrons. The predicted octanol–water partition coefficient (Wildman–Crippen LogP) is 3.20. The van der Waals surface area contributed by atoms with Gasteiger partial charge in [0.25, 0.3) is 0 Å². The molecule has 0 spiro atoms. The molecule has 17 heavy (non-hydrogen) atoms. The maximum absolute atomic E-state index is 10.9. The van der Waals surface area contributed by atoms with E-state index in [1.807, 2.05) is 19.2 Å². The topological polar surface area (TPSA) is 62.2 Å². The molecule has 1 heterocycles. The first-order valence-electron chi connectivity index (χ1n) is 5.09. The summed E-state index contributed by atoms with van der Waals surface area (Å²) in [5.41, 5.74) is 2.98. The summed E-state index contributed by atoms with van der Waals surface area (Å²) in [4.78, 5) is 15.2. The lowest BCUT2D eigenvalue weighted by Gasteiger charge is -2.07. The minimum absolute atomic E-state index is 0.270. The molecule has 1 aromatic heterocycles. The molecule has 0 bridgehead atoms. The Morgan fingerprint density at radius 2 is 2.18 bits per heavy atom. The monoisotopic (exact) mass is 248 g/mol. The van der Waals surface area contributed by atoms with E-state index < -0.39 is 5.97 Å². The SMILES string of the molecule is Cc1csc(Nc2cc(C(=O)O)ccc2C)n1. The van der Waals surface area contributed by atoms with Gasteiger partial charge in [-0.2, -0.15) is 0 Å². The maximum atomic E-state index is 10.9. The summed E-state index contributed by atoms with van der Waals surface area (Å²) in [5, 5.41) is 14.8. The molecule has 0 fully saturated rings. The number of benzene rings is 1. The first-order valence-corrected chi connectivity index (χ1v) is 5.97. The average Bonchev–Trinajstić information content (AvgIpc) is 2.67. The van der Waals surface area contributed by atoms with Crippen LogP contribution in [0, 0.1) is 13.8 Å². The molecule has 0 atom stereocenters. The molecule has 0 aliphatic carbocycles. The van der Waals surface area contributed by atoms with Crippen molar-refractivity contribution in [1.82, 2.24) is 4.98 Å². The number of hydrogen-bond donors (Lipinski definition) is 2. The molecule has 0 amide bonds. The Kier molecular flexibility index (Phi) is 3.10. The highest BCUT2D eigenvalue weighted by molar-refractivity contribution is 7.13. The second-order valence-corrected chi connectivity index (χ2v) is 4.61. The first-order chi connectivity index (χ1) is 8.06. The Hall–Kier alpha value is -1.88. The standard InChI is InChI=1S/C12H12N2O2S/c1-7-3-4-9(11(15)16)5-10(7)14-12-13-8(2)6-17-12/h3-6H,1-2H3,(H,13,14)(H,15,16). The molecule has 0 saturated heterocycles. The normalized spacial score (nSPS) is 10.2. The van der Waals surface area contributed by atoms with E-state index >= 15 is 0 Å². The summed E-state index contributed by atoms with van der Waals surface area (Å²) in [7, 11) is 0. The molecule has 0 unspecified atom stereocenters. The van der Waals surface area contributed by atoms with Gasteiger partial charge in [-0.25, -0.2) is 9.78 Å². The van der Waals surface area contributed by atoms with Gasteiger partial charge >= 0.3 is 5.97 Å². The van der Waals surface area contributed by atoms with E-state index in [1.54, 1.807) is 18.2 Å². The van der Waals surface area contributed by atoms with E-state index in [-0.39, 0.29) is 5.56 Å². The quantitative estimate of drug-likeness (QED) is 0.875. The number of aromatic carboxylic acids is 1. The molecule has 5 heteroatoms. The Labute approximate surface area is 103 Å². The zero-order valence-corrected chi connectivity index (χ0v) is 10.3. The highest BCUT2D eigenvalue weighted by atomic mass is 32.1. The number of nitrogens with zero attached hydrogens (tertiary/aromatic N) is 1. The lowest BCUT2D eigenvalue weighted by molar-refractivity contribution is 0.0697. The number of carboxylic acids is 1. The Morgan fingerprint density at radius 3 is 2.76 bits per heavy atom. The summed E-state index contributed by atoms with van der Waals surface area (Å²) < 4.78 is 0. The summed E-state index contributed by atoms with van der Waals surface area (Å²) in [5.74, 6) is -0.927. The van der Waals surface area contributed by atoms with Crippen LogP contribution in [0.25, 0.3) is 0 Å². The fraction of sp³-hybridized carbons (Fsp3) is 0.167. The molecule has 2 aromatic rings. The number of anilines is 2. The average molecular weight is 248 g/mol. The van der Waals surface area contributed by atoms with Crippen molar-refractivity contribution in [2.24, 2.45) is 0 Å². The number of aromatic nitrogens is 1. The first kappa shape index (κ1) is 11.6. The van der Waals surface area contributed by atoms with Gasteiger partial charge in [-0.3, -0.25) is 0 Å². The molecular weight excluding hydrogens is 236 g/mol. The zero-order chi connectivity index (χ0) is 12.4. The van der Waals surface area contributed by atoms with Gasteiger partial charge in [0.2, 0.25) is 0 Å². The molecule has 1 aromatic carbocycles. The molecule has 2 N–H and O–H groups in total. The van der Waals surface area contributed by atoms with Crippen LogP contribution in [0.1, 0.15) is 21.6 Å². The largest absolute Gasteiger partial charge is 0.478 e. The Balaban J connectivity index is 2.31. The summed E-state index contributed by atoms with van der Waals surface area (Å²) in [6.07, 6.45) is 0. The minimum atomic E-state index is -0.927. The van der Waals surface area contributed by atoms with E-state index in [9.17, 15) is 4.79 Å². The van der Waals surface area contributed by atoms with Crippen molar-refractivity contribution in [1.29, 1.82) is 0 Å². The van der Waals surface area contributed by atoms with Gasteiger partial charge in [-0.15, -0.1) is 11.3 Å². The van der Waals surface area contributed by atoms with Gasteiger partial charge in [0.05, 0.1) is 11.3 Å². The smallest absolute Gasteiger partial charge is 0.335 e. The van der Waals surface area contributed by atoms with Gasteiger partial charge in [0.15, 0.2) is 5.13 Å². The van der Waals surface area contributed by atoms with Crippen LogP contribution in [0.5, 0.6) is 0 Å². The Morgan fingerprint density at radius 1 is 1.41 bits per heavy atom. The van der Waals surface area contributed by atoms with Crippen molar-refractivity contribution in [3.63, 3.8) is 0 Å². The fourth-order valence-corrected chi connectivity index (χ4v) is 2.12. The molecule has 4 nitrogen and oxygen atoms in total. The number of aryl methyl sites for hydroxylation is 2. The molecular formula is C12H12N2O2S. The minimum Gasteiger partial charge on any atom is -0.478 e. The van der Waals surface area contributed by atoms with Crippen LogP contribution in [-0.4, -0.2) is 16.1 Å². The van der Waals surface area contributed by atoms with E-state index in [2.05, 4.69) is 10.3 Å². The van der Waals surface area contributed by atoms with Crippen LogP contribution in [0.2, 0.25) is 0 Å². The number of hydrogen-bond acceptors (Lipinski definition) is 4. The van der Waals surface area contributed by atoms with Gasteiger partial charge in [0, 0.05) is 11.1 Å². The fourth-order valence-electron chi connectivity index (χ4n) is 1.42. The van der Waals surface area contributed by atoms with E-state index in [0.29, 0.717) is 0 Å². The number of thiazole rings is 1. The second-order valence-electron chi connectivity index (χ2n) is 3.75. The molecule has 0 aliphatic rings. The van der Waals surface area contributed by atoms with Crippen molar-refractivity contribution in [2.45, 2.75) is 13.8 Å². The van der Waals surface area contributed by atoms with Crippen molar-refractivity contribution in [3.05, 3.63) is 40.4 Å². The van der Waals surface area contributed by atoms with Crippen molar-refractivity contribution in [2.75, 3.05) is 5.32 Å². The van der Waals surface area contributed by atoms with Crippen molar-refractivity contribution in [3.8, 4) is 0 Å². The van der Waals surface area contributed by atoms with E-state index in [4.69, 9.17) is 5.11 Å². The van der Waals surface area contributed by atoms with Gasteiger partial charge in [0.1, 0.15) is 0 Å². The molecule has 88 valence electrons. The lowest BCUT2D eigenvalue weighted by atomic mass is 10.1. The van der Waals surface area contributed by atoms with Crippen LogP contribution in [0.4, 0.5) is 10.8 Å². The predicted molar refractivity (Wildman–Crippen MR) is 68.3 cm³/mol. The summed E-state index contributed by atoms with van der Waals surface area (Å²) in [6, 6.07) is 5.00. The van der Waals surface area contributed by atoms with Crippen molar-refractivity contribution < 1.29 is 9.90 Å². The highest BCUT2D eigenvalue weighted by Crippen LogP contribution is 2.24. The molecule has 0 saturated carbocycles. The number of nitrogens with one attached hydrogen (secondary N) is 1. The number of carbonyl (C=O) groups is 1. The van der Waals surface area contributed by atoms with Crippen molar-refractivity contribution >= 4 is 28.1 Å².